The molecule has 0 aromatic heterocycles. The summed E-state index contributed by atoms with van der Waals surface area (Å²) in [6, 6.07) is 1.55. The molecule has 0 bridgehead atoms. The second-order valence-electron chi connectivity index (χ2n) is 5.66. The molecule has 0 amide bonds. The maximum absolute atomic E-state index is 5.92. The molecular formula is C13H26N2. The van der Waals surface area contributed by atoms with Crippen LogP contribution >= 0.6 is 0 Å². The van der Waals surface area contributed by atoms with E-state index in [4.69, 9.17) is 5.73 Å². The Morgan fingerprint density at radius 2 is 2.00 bits per heavy atom. The van der Waals surface area contributed by atoms with Crippen LogP contribution in [-0.4, -0.2) is 30.1 Å². The summed E-state index contributed by atoms with van der Waals surface area (Å²) in [5.74, 6) is 1.89. The SMILES string of the molecule is CCC1CCN(C2CC(C)C2)C(CN)C1. The molecule has 0 aromatic rings. The molecule has 2 heteroatoms. The van der Waals surface area contributed by atoms with Crippen LogP contribution in [0.15, 0.2) is 0 Å². The molecule has 2 fully saturated rings. The summed E-state index contributed by atoms with van der Waals surface area (Å²) in [7, 11) is 0. The van der Waals surface area contributed by atoms with E-state index in [-0.39, 0.29) is 0 Å². The number of piperidine rings is 1. The van der Waals surface area contributed by atoms with Gasteiger partial charge in [-0.1, -0.05) is 20.3 Å². The van der Waals surface area contributed by atoms with Crippen molar-refractivity contribution in [1.29, 1.82) is 0 Å². The van der Waals surface area contributed by atoms with Gasteiger partial charge in [-0.15, -0.1) is 0 Å². The van der Waals surface area contributed by atoms with Gasteiger partial charge in [-0.05, 0) is 44.1 Å². The lowest BCUT2D eigenvalue weighted by Crippen LogP contribution is -2.55. The summed E-state index contributed by atoms with van der Waals surface area (Å²) in [6.07, 6.45) is 6.90. The Kier molecular flexibility index (Phi) is 3.68. The van der Waals surface area contributed by atoms with Gasteiger partial charge in [-0.2, -0.15) is 0 Å². The quantitative estimate of drug-likeness (QED) is 0.774. The van der Waals surface area contributed by atoms with E-state index in [1.807, 2.05) is 0 Å². The molecule has 2 nitrogen and oxygen atoms in total. The van der Waals surface area contributed by atoms with Gasteiger partial charge in [0.1, 0.15) is 0 Å². The molecule has 2 unspecified atom stereocenters. The highest BCUT2D eigenvalue weighted by atomic mass is 15.2. The first kappa shape index (κ1) is 11.4. The molecule has 2 N–H and O–H groups in total. The van der Waals surface area contributed by atoms with Crippen LogP contribution in [0.4, 0.5) is 0 Å². The van der Waals surface area contributed by atoms with Crippen LogP contribution in [0.2, 0.25) is 0 Å². The molecule has 1 saturated heterocycles. The molecule has 0 radical (unpaired) electrons. The highest BCUT2D eigenvalue weighted by Gasteiger charge is 2.36. The summed E-state index contributed by atoms with van der Waals surface area (Å²) in [6.45, 7) is 6.85. The highest BCUT2D eigenvalue weighted by molar-refractivity contribution is 4.92. The maximum atomic E-state index is 5.92. The van der Waals surface area contributed by atoms with Crippen molar-refractivity contribution in [3.05, 3.63) is 0 Å². The zero-order chi connectivity index (χ0) is 10.8. The van der Waals surface area contributed by atoms with Crippen LogP contribution in [0.3, 0.4) is 0 Å². The topological polar surface area (TPSA) is 29.3 Å². The number of nitrogens with two attached hydrogens (primary N) is 1. The fourth-order valence-electron chi connectivity index (χ4n) is 3.37. The average Bonchev–Trinajstić information content (AvgIpc) is 2.24. The van der Waals surface area contributed by atoms with E-state index in [1.54, 1.807) is 0 Å². The van der Waals surface area contributed by atoms with Gasteiger partial charge in [0.2, 0.25) is 0 Å². The van der Waals surface area contributed by atoms with E-state index in [2.05, 4.69) is 18.7 Å². The van der Waals surface area contributed by atoms with Crippen molar-refractivity contribution < 1.29 is 0 Å². The Hall–Kier alpha value is -0.0800. The van der Waals surface area contributed by atoms with Gasteiger partial charge in [-0.3, -0.25) is 4.90 Å². The van der Waals surface area contributed by atoms with Crippen molar-refractivity contribution in [2.75, 3.05) is 13.1 Å². The monoisotopic (exact) mass is 210 g/mol. The highest BCUT2D eigenvalue weighted by Crippen LogP contribution is 2.36. The summed E-state index contributed by atoms with van der Waals surface area (Å²) < 4.78 is 0. The largest absolute Gasteiger partial charge is 0.329 e. The number of rotatable bonds is 3. The second kappa shape index (κ2) is 4.84. The van der Waals surface area contributed by atoms with Crippen LogP contribution < -0.4 is 5.73 Å². The lowest BCUT2D eigenvalue weighted by Gasteiger charge is -2.49. The van der Waals surface area contributed by atoms with E-state index in [0.717, 1.165) is 24.4 Å². The van der Waals surface area contributed by atoms with Crippen LogP contribution in [0.1, 0.15) is 46.0 Å². The maximum Gasteiger partial charge on any atom is 0.0223 e. The summed E-state index contributed by atoms with van der Waals surface area (Å²) in [4.78, 5) is 2.71. The number of hydrogen-bond donors (Lipinski definition) is 1. The van der Waals surface area contributed by atoms with Gasteiger partial charge in [0, 0.05) is 18.6 Å². The third-order valence-corrected chi connectivity index (χ3v) is 4.54. The minimum absolute atomic E-state index is 0.682. The Labute approximate surface area is 94.2 Å². The Morgan fingerprint density at radius 3 is 2.53 bits per heavy atom. The van der Waals surface area contributed by atoms with E-state index >= 15 is 0 Å². The molecule has 88 valence electrons. The normalized spacial score (nSPS) is 42.6. The Balaban J connectivity index is 1.88. The molecular weight excluding hydrogens is 184 g/mol. The molecule has 2 aliphatic rings. The molecule has 0 spiro atoms. The third kappa shape index (κ3) is 2.36. The lowest BCUT2D eigenvalue weighted by atomic mass is 9.78. The smallest absolute Gasteiger partial charge is 0.0223 e. The van der Waals surface area contributed by atoms with Crippen molar-refractivity contribution in [2.45, 2.75) is 58.0 Å². The van der Waals surface area contributed by atoms with Crippen molar-refractivity contribution >= 4 is 0 Å². The van der Waals surface area contributed by atoms with E-state index in [0.29, 0.717) is 6.04 Å². The van der Waals surface area contributed by atoms with Gasteiger partial charge in [0.15, 0.2) is 0 Å². The second-order valence-corrected chi connectivity index (χ2v) is 5.66. The van der Waals surface area contributed by atoms with Crippen molar-refractivity contribution in [3.8, 4) is 0 Å². The van der Waals surface area contributed by atoms with E-state index in [1.165, 1.54) is 38.6 Å². The Bertz CT molecular complexity index is 199. The first-order chi connectivity index (χ1) is 7.24. The van der Waals surface area contributed by atoms with Gasteiger partial charge >= 0.3 is 0 Å². The predicted molar refractivity (Wildman–Crippen MR) is 64.7 cm³/mol. The van der Waals surface area contributed by atoms with Crippen molar-refractivity contribution in [3.63, 3.8) is 0 Å². The van der Waals surface area contributed by atoms with Gasteiger partial charge in [0.05, 0.1) is 0 Å². The minimum atomic E-state index is 0.682. The average molecular weight is 210 g/mol. The lowest BCUT2D eigenvalue weighted by molar-refractivity contribution is 0.0124. The van der Waals surface area contributed by atoms with Gasteiger partial charge in [-0.25, -0.2) is 0 Å². The summed E-state index contributed by atoms with van der Waals surface area (Å²) in [5, 5.41) is 0. The standard InChI is InChI=1S/C13H26N2/c1-3-11-4-5-15(13(8-11)9-14)12-6-10(2)7-12/h10-13H,3-9,14H2,1-2H3. The summed E-state index contributed by atoms with van der Waals surface area (Å²) >= 11 is 0. The Morgan fingerprint density at radius 1 is 1.27 bits per heavy atom. The zero-order valence-corrected chi connectivity index (χ0v) is 10.3. The molecule has 1 heterocycles. The van der Waals surface area contributed by atoms with Crippen molar-refractivity contribution in [1.82, 2.24) is 4.90 Å². The number of hydrogen-bond acceptors (Lipinski definition) is 2. The van der Waals surface area contributed by atoms with Crippen molar-refractivity contribution in [2.24, 2.45) is 17.6 Å². The van der Waals surface area contributed by atoms with Gasteiger partial charge in [0.25, 0.3) is 0 Å². The fourth-order valence-corrected chi connectivity index (χ4v) is 3.37. The number of likely N-dealkylation sites (tertiary alicyclic amines) is 1. The predicted octanol–water partition coefficient (Wildman–Crippen LogP) is 2.23. The molecule has 1 saturated carbocycles. The van der Waals surface area contributed by atoms with Crippen LogP contribution in [0.25, 0.3) is 0 Å². The molecule has 2 rings (SSSR count). The molecule has 0 aromatic carbocycles. The van der Waals surface area contributed by atoms with E-state index < -0.39 is 0 Å². The fraction of sp³-hybridized carbons (Fsp3) is 1.00. The minimum Gasteiger partial charge on any atom is -0.329 e. The summed E-state index contributed by atoms with van der Waals surface area (Å²) in [5.41, 5.74) is 5.92. The molecule has 1 aliphatic heterocycles. The number of nitrogens with zero attached hydrogens (tertiary/aromatic N) is 1. The van der Waals surface area contributed by atoms with E-state index in [9.17, 15) is 0 Å². The van der Waals surface area contributed by atoms with Crippen LogP contribution in [-0.2, 0) is 0 Å². The third-order valence-electron chi connectivity index (χ3n) is 4.54. The molecule has 15 heavy (non-hydrogen) atoms. The van der Waals surface area contributed by atoms with Crippen LogP contribution in [0, 0.1) is 11.8 Å². The van der Waals surface area contributed by atoms with Gasteiger partial charge < -0.3 is 5.73 Å². The first-order valence-corrected chi connectivity index (χ1v) is 6.70. The first-order valence-electron chi connectivity index (χ1n) is 6.70. The van der Waals surface area contributed by atoms with Crippen LogP contribution in [0.5, 0.6) is 0 Å². The molecule has 1 aliphatic carbocycles. The molecule has 2 atom stereocenters. The zero-order valence-electron chi connectivity index (χ0n) is 10.3.